The van der Waals surface area contributed by atoms with Crippen LogP contribution in [0.2, 0.25) is 0 Å². The number of nitrogen functional groups attached to an aromatic ring is 1. The molecular weight excluding hydrogens is 420 g/mol. The van der Waals surface area contributed by atoms with Gasteiger partial charge in [-0.05, 0) is 48.0 Å². The minimum absolute atomic E-state index is 0.0319. The Labute approximate surface area is 189 Å². The molecule has 9 heteroatoms. The Kier molecular flexibility index (Phi) is 6.21. The Morgan fingerprint density at radius 1 is 0.939 bits per heavy atom. The van der Waals surface area contributed by atoms with Gasteiger partial charge >= 0.3 is 5.97 Å². The molecule has 1 amide bonds. The predicted octanol–water partition coefficient (Wildman–Crippen LogP) is 3.68. The molecule has 2 aromatic heterocycles. The molecule has 0 atom stereocenters. The number of hydrogen-bond acceptors (Lipinski definition) is 7. The zero-order valence-corrected chi connectivity index (χ0v) is 17.4. The summed E-state index contributed by atoms with van der Waals surface area (Å²) >= 11 is 0. The number of aromatic carboxylic acids is 1. The van der Waals surface area contributed by atoms with Gasteiger partial charge in [0.25, 0.3) is 5.91 Å². The maximum absolute atomic E-state index is 12.4. The van der Waals surface area contributed by atoms with E-state index >= 15 is 0 Å². The van der Waals surface area contributed by atoms with Crippen LogP contribution in [0.25, 0.3) is 11.3 Å². The smallest absolute Gasteiger partial charge is 0.354 e. The fourth-order valence-corrected chi connectivity index (χ4v) is 3.04. The molecule has 0 saturated heterocycles. The van der Waals surface area contributed by atoms with Gasteiger partial charge in [-0.3, -0.25) is 4.79 Å². The number of anilines is 3. The third-order valence-corrected chi connectivity index (χ3v) is 4.81. The number of amides is 1. The van der Waals surface area contributed by atoms with Gasteiger partial charge in [0.15, 0.2) is 0 Å². The Hall–Kier alpha value is -4.79. The van der Waals surface area contributed by atoms with Crippen LogP contribution in [0, 0.1) is 0 Å². The number of para-hydroxylation sites is 2. The summed E-state index contributed by atoms with van der Waals surface area (Å²) in [6, 6.07) is 19.0. The number of nitrogens with two attached hydrogens (primary N) is 1. The fraction of sp³-hybridized carbons (Fsp3) is 0.0417. The molecule has 4 aromatic rings. The first-order valence-corrected chi connectivity index (χ1v) is 10.0. The van der Waals surface area contributed by atoms with E-state index in [1.807, 2.05) is 12.1 Å². The second-order valence-electron chi connectivity index (χ2n) is 7.09. The number of nitrogens with one attached hydrogen (secondary N) is 2. The molecule has 0 fully saturated rings. The van der Waals surface area contributed by atoms with Crippen LogP contribution in [0.15, 0.2) is 79.1 Å². The number of carboxylic acid groups (broad SMARTS) is 1. The summed E-state index contributed by atoms with van der Waals surface area (Å²) in [6.07, 6.45) is 3.07. The highest BCUT2D eigenvalue weighted by Gasteiger charge is 2.09. The molecular formula is C24H20N6O3. The molecule has 0 unspecified atom stereocenters. The van der Waals surface area contributed by atoms with Crippen molar-refractivity contribution >= 4 is 29.2 Å². The fourth-order valence-electron chi connectivity index (χ4n) is 3.04. The Balaban J connectivity index is 1.38. The first-order valence-electron chi connectivity index (χ1n) is 10.0. The molecule has 9 nitrogen and oxygen atoms in total. The zero-order valence-electron chi connectivity index (χ0n) is 17.4. The lowest BCUT2D eigenvalue weighted by Crippen LogP contribution is -2.13. The van der Waals surface area contributed by atoms with Crippen LogP contribution in [0.1, 0.15) is 26.4 Å². The molecule has 33 heavy (non-hydrogen) atoms. The van der Waals surface area contributed by atoms with Crippen LogP contribution in [0.5, 0.6) is 0 Å². The summed E-state index contributed by atoms with van der Waals surface area (Å²) < 4.78 is 0. The van der Waals surface area contributed by atoms with E-state index in [1.54, 1.807) is 54.7 Å². The second kappa shape index (κ2) is 9.56. The van der Waals surface area contributed by atoms with Gasteiger partial charge in [0.05, 0.1) is 17.1 Å². The maximum atomic E-state index is 12.4. The van der Waals surface area contributed by atoms with Crippen LogP contribution in [0.4, 0.5) is 17.3 Å². The number of carbonyl (C=O) groups excluding carboxylic acids is 1. The number of pyridine rings is 1. The van der Waals surface area contributed by atoms with E-state index in [9.17, 15) is 9.59 Å². The monoisotopic (exact) mass is 440 g/mol. The van der Waals surface area contributed by atoms with E-state index in [1.165, 1.54) is 12.3 Å². The first kappa shape index (κ1) is 21.4. The lowest BCUT2D eigenvalue weighted by molar-refractivity contribution is 0.0690. The molecule has 0 aliphatic carbocycles. The van der Waals surface area contributed by atoms with Crippen molar-refractivity contribution in [1.29, 1.82) is 0 Å². The van der Waals surface area contributed by atoms with Crippen LogP contribution in [-0.4, -0.2) is 31.9 Å². The maximum Gasteiger partial charge on any atom is 0.354 e. The lowest BCUT2D eigenvalue weighted by atomic mass is 10.1. The minimum atomic E-state index is -1.08. The van der Waals surface area contributed by atoms with E-state index in [4.69, 9.17) is 10.8 Å². The molecule has 0 bridgehead atoms. The van der Waals surface area contributed by atoms with Crippen molar-refractivity contribution in [1.82, 2.24) is 15.0 Å². The van der Waals surface area contributed by atoms with Gasteiger partial charge in [-0.1, -0.05) is 24.3 Å². The normalized spacial score (nSPS) is 10.4. The topological polar surface area (TPSA) is 143 Å². The number of hydrogen-bond donors (Lipinski definition) is 4. The number of nitrogens with zero attached hydrogens (tertiary/aromatic N) is 3. The van der Waals surface area contributed by atoms with Gasteiger partial charge in [0.2, 0.25) is 5.95 Å². The molecule has 4 rings (SSSR count). The Bertz CT molecular complexity index is 1290. The van der Waals surface area contributed by atoms with Gasteiger partial charge in [-0.15, -0.1) is 0 Å². The van der Waals surface area contributed by atoms with Crippen LogP contribution < -0.4 is 16.4 Å². The molecule has 2 heterocycles. The average molecular weight is 440 g/mol. The van der Waals surface area contributed by atoms with E-state index in [0.29, 0.717) is 40.7 Å². The number of carboxylic acids is 1. The number of aromatic nitrogens is 3. The van der Waals surface area contributed by atoms with Crippen LogP contribution >= 0.6 is 0 Å². The second-order valence-corrected chi connectivity index (χ2v) is 7.09. The zero-order chi connectivity index (χ0) is 23.2. The molecule has 0 radical (unpaired) electrons. The standard InChI is InChI=1S/C24H20N6O3/c25-18-3-1-2-4-20(18)29-22(31)16-7-5-15(6-8-16)13-28-24-26-12-11-19(30-24)17-9-10-21(23(32)33)27-14-17/h1-12,14H,13,25H2,(H,29,31)(H,32,33)(H,26,28,30). The van der Waals surface area contributed by atoms with E-state index < -0.39 is 5.97 Å². The number of benzene rings is 2. The van der Waals surface area contributed by atoms with Crippen molar-refractivity contribution in [3.05, 3.63) is 95.9 Å². The van der Waals surface area contributed by atoms with Crippen LogP contribution in [-0.2, 0) is 6.54 Å². The van der Waals surface area contributed by atoms with Crippen molar-refractivity contribution < 1.29 is 14.7 Å². The SMILES string of the molecule is Nc1ccccc1NC(=O)c1ccc(CNc2nccc(-c3ccc(C(=O)O)nc3)n2)cc1. The molecule has 0 aliphatic heterocycles. The highest BCUT2D eigenvalue weighted by Crippen LogP contribution is 2.19. The van der Waals surface area contributed by atoms with Gasteiger partial charge in [0, 0.05) is 30.1 Å². The van der Waals surface area contributed by atoms with Crippen molar-refractivity contribution in [3.63, 3.8) is 0 Å². The van der Waals surface area contributed by atoms with Gasteiger partial charge in [-0.25, -0.2) is 19.7 Å². The van der Waals surface area contributed by atoms with Gasteiger partial charge < -0.3 is 21.5 Å². The highest BCUT2D eigenvalue weighted by molar-refractivity contribution is 6.05. The minimum Gasteiger partial charge on any atom is -0.477 e. The summed E-state index contributed by atoms with van der Waals surface area (Å²) in [5, 5.41) is 14.9. The van der Waals surface area contributed by atoms with E-state index in [2.05, 4.69) is 25.6 Å². The predicted molar refractivity (Wildman–Crippen MR) is 125 cm³/mol. The summed E-state index contributed by atoms with van der Waals surface area (Å²) in [6.45, 7) is 0.452. The van der Waals surface area contributed by atoms with Crippen molar-refractivity contribution in [3.8, 4) is 11.3 Å². The highest BCUT2D eigenvalue weighted by atomic mass is 16.4. The molecule has 5 N–H and O–H groups in total. The quantitative estimate of drug-likeness (QED) is 0.319. The molecule has 0 saturated carbocycles. The van der Waals surface area contributed by atoms with Crippen LogP contribution in [0.3, 0.4) is 0 Å². The molecule has 0 spiro atoms. The summed E-state index contributed by atoms with van der Waals surface area (Å²) in [5.74, 6) is -0.915. The summed E-state index contributed by atoms with van der Waals surface area (Å²) in [5.41, 5.74) is 9.65. The Morgan fingerprint density at radius 3 is 2.42 bits per heavy atom. The van der Waals surface area contributed by atoms with Crippen molar-refractivity contribution in [2.45, 2.75) is 6.54 Å². The van der Waals surface area contributed by atoms with Crippen molar-refractivity contribution in [2.24, 2.45) is 0 Å². The molecule has 164 valence electrons. The van der Waals surface area contributed by atoms with Crippen molar-refractivity contribution in [2.75, 3.05) is 16.4 Å². The number of carbonyl (C=O) groups is 2. The summed E-state index contributed by atoms with van der Waals surface area (Å²) in [7, 11) is 0. The Morgan fingerprint density at radius 2 is 1.73 bits per heavy atom. The largest absolute Gasteiger partial charge is 0.477 e. The average Bonchev–Trinajstić information content (AvgIpc) is 2.84. The lowest BCUT2D eigenvalue weighted by Gasteiger charge is -2.09. The molecule has 0 aliphatic rings. The van der Waals surface area contributed by atoms with Gasteiger partial charge in [-0.2, -0.15) is 0 Å². The van der Waals surface area contributed by atoms with Gasteiger partial charge in [0.1, 0.15) is 5.69 Å². The summed E-state index contributed by atoms with van der Waals surface area (Å²) in [4.78, 5) is 36.0. The van der Waals surface area contributed by atoms with E-state index in [0.717, 1.165) is 5.56 Å². The third-order valence-electron chi connectivity index (χ3n) is 4.81. The molecule has 2 aromatic carbocycles. The third kappa shape index (κ3) is 5.28. The van der Waals surface area contributed by atoms with E-state index in [-0.39, 0.29) is 11.6 Å². The first-order chi connectivity index (χ1) is 16.0. The number of rotatable bonds is 7.